The Hall–Kier alpha value is -2.89. The van der Waals surface area contributed by atoms with Crippen molar-refractivity contribution in [2.45, 2.75) is 6.92 Å². The number of aromatic nitrogens is 1. The van der Waals surface area contributed by atoms with Crippen LogP contribution in [0.3, 0.4) is 0 Å². The van der Waals surface area contributed by atoms with Crippen LogP contribution in [0.4, 0.5) is 17.2 Å². The minimum absolute atomic E-state index is 0.148. The fourth-order valence-corrected chi connectivity index (χ4v) is 1.65. The third-order valence-corrected chi connectivity index (χ3v) is 2.55. The summed E-state index contributed by atoms with van der Waals surface area (Å²) in [6.45, 7) is 1.43. The topological polar surface area (TPSA) is 97.1 Å². The van der Waals surface area contributed by atoms with E-state index in [1.165, 1.54) is 13.1 Å². The van der Waals surface area contributed by atoms with Gasteiger partial charge in [-0.25, -0.2) is 4.98 Å². The lowest BCUT2D eigenvalue weighted by Gasteiger charge is -2.08. The fraction of sp³-hybridized carbons (Fsp3) is 0.0714. The largest absolute Gasteiger partial charge is 0.383 e. The maximum absolute atomic E-state index is 12.0. The van der Waals surface area contributed by atoms with Crippen molar-refractivity contribution in [3.05, 3.63) is 48.2 Å². The number of hydrogen-bond donors (Lipinski definition) is 3. The van der Waals surface area contributed by atoms with Gasteiger partial charge in [-0.1, -0.05) is 0 Å². The van der Waals surface area contributed by atoms with Crippen molar-refractivity contribution in [1.29, 1.82) is 0 Å². The number of pyridine rings is 1. The van der Waals surface area contributed by atoms with Gasteiger partial charge in [0.1, 0.15) is 5.82 Å². The molecule has 0 aliphatic heterocycles. The Morgan fingerprint density at radius 2 is 1.65 bits per heavy atom. The highest BCUT2D eigenvalue weighted by molar-refractivity contribution is 6.07. The third kappa shape index (κ3) is 3.32. The third-order valence-electron chi connectivity index (χ3n) is 2.55. The van der Waals surface area contributed by atoms with Crippen LogP contribution in [0.25, 0.3) is 0 Å². The van der Waals surface area contributed by atoms with Crippen LogP contribution in [0.15, 0.2) is 42.6 Å². The zero-order valence-electron chi connectivity index (χ0n) is 10.9. The summed E-state index contributed by atoms with van der Waals surface area (Å²) in [7, 11) is 0. The highest BCUT2D eigenvalue weighted by atomic mass is 16.2. The smallest absolute Gasteiger partial charge is 0.259 e. The molecular weight excluding hydrogens is 256 g/mol. The Labute approximate surface area is 116 Å². The van der Waals surface area contributed by atoms with E-state index < -0.39 is 0 Å². The van der Waals surface area contributed by atoms with Gasteiger partial charge in [0.2, 0.25) is 5.91 Å². The minimum atomic E-state index is -0.331. The predicted octanol–water partition coefficient (Wildman–Crippen LogP) is 1.87. The molecule has 20 heavy (non-hydrogen) atoms. The quantitative estimate of drug-likeness (QED) is 0.793. The molecule has 0 fully saturated rings. The van der Waals surface area contributed by atoms with Gasteiger partial charge in [0.15, 0.2) is 0 Å². The van der Waals surface area contributed by atoms with Crippen molar-refractivity contribution in [1.82, 2.24) is 4.98 Å². The van der Waals surface area contributed by atoms with Gasteiger partial charge in [0.25, 0.3) is 5.91 Å². The van der Waals surface area contributed by atoms with E-state index in [2.05, 4.69) is 15.6 Å². The van der Waals surface area contributed by atoms with Gasteiger partial charge in [0.05, 0.1) is 5.56 Å². The lowest BCUT2D eigenvalue weighted by molar-refractivity contribution is -0.114. The molecule has 2 aromatic rings. The number of nitrogens with zero attached hydrogens (tertiary/aromatic N) is 1. The number of benzene rings is 1. The van der Waals surface area contributed by atoms with Crippen molar-refractivity contribution < 1.29 is 9.59 Å². The molecule has 1 aromatic heterocycles. The molecule has 0 radical (unpaired) electrons. The summed E-state index contributed by atoms with van der Waals surface area (Å²) in [6.07, 6.45) is 1.52. The summed E-state index contributed by atoms with van der Waals surface area (Å²) in [5, 5.41) is 5.35. The van der Waals surface area contributed by atoms with E-state index in [4.69, 9.17) is 5.73 Å². The van der Waals surface area contributed by atoms with Crippen molar-refractivity contribution in [3.8, 4) is 0 Å². The Morgan fingerprint density at radius 3 is 2.20 bits per heavy atom. The van der Waals surface area contributed by atoms with Gasteiger partial charge >= 0.3 is 0 Å². The molecule has 2 rings (SSSR count). The normalized spacial score (nSPS) is 9.85. The number of carbonyl (C=O) groups is 2. The summed E-state index contributed by atoms with van der Waals surface area (Å²) >= 11 is 0. The number of carbonyl (C=O) groups excluding carboxylic acids is 2. The second kappa shape index (κ2) is 5.83. The Kier molecular flexibility index (Phi) is 3.95. The number of anilines is 3. The number of rotatable bonds is 3. The van der Waals surface area contributed by atoms with Crippen LogP contribution < -0.4 is 16.4 Å². The number of amides is 2. The number of nitrogens with one attached hydrogen (secondary N) is 2. The molecule has 1 heterocycles. The van der Waals surface area contributed by atoms with Crippen LogP contribution >= 0.6 is 0 Å². The van der Waals surface area contributed by atoms with Crippen LogP contribution in [0.2, 0.25) is 0 Å². The average Bonchev–Trinajstić information content (AvgIpc) is 2.41. The molecule has 0 aliphatic carbocycles. The van der Waals surface area contributed by atoms with Crippen molar-refractivity contribution in [2.75, 3.05) is 16.4 Å². The van der Waals surface area contributed by atoms with E-state index in [-0.39, 0.29) is 17.6 Å². The molecule has 4 N–H and O–H groups in total. The highest BCUT2D eigenvalue weighted by Gasteiger charge is 2.10. The molecule has 0 saturated carbocycles. The van der Waals surface area contributed by atoms with E-state index in [1.54, 1.807) is 36.4 Å². The lowest BCUT2D eigenvalue weighted by Crippen LogP contribution is -2.14. The first kappa shape index (κ1) is 13.5. The molecule has 0 bridgehead atoms. The van der Waals surface area contributed by atoms with E-state index in [0.717, 1.165) is 0 Å². The van der Waals surface area contributed by atoms with Crippen molar-refractivity contribution in [3.63, 3.8) is 0 Å². The van der Waals surface area contributed by atoms with Crippen molar-refractivity contribution in [2.24, 2.45) is 0 Å². The second-order valence-electron chi connectivity index (χ2n) is 4.15. The van der Waals surface area contributed by atoms with E-state index in [0.29, 0.717) is 16.9 Å². The first-order chi connectivity index (χ1) is 9.56. The Morgan fingerprint density at radius 1 is 1.05 bits per heavy atom. The predicted molar refractivity (Wildman–Crippen MR) is 77.3 cm³/mol. The standard InChI is InChI=1S/C14H14N4O2/c1-9(19)17-10-4-6-11(7-5-10)18-14(20)12-3-2-8-16-13(12)15/h2-8H,1H3,(H2,15,16)(H,17,19)(H,18,20). The van der Waals surface area contributed by atoms with E-state index in [9.17, 15) is 9.59 Å². The minimum Gasteiger partial charge on any atom is -0.383 e. The molecule has 2 amide bonds. The average molecular weight is 270 g/mol. The van der Waals surface area contributed by atoms with Crippen molar-refractivity contribution >= 4 is 29.0 Å². The van der Waals surface area contributed by atoms with Gasteiger partial charge in [-0.3, -0.25) is 9.59 Å². The maximum Gasteiger partial charge on any atom is 0.259 e. The van der Waals surface area contributed by atoms with Gasteiger partial charge in [-0.05, 0) is 36.4 Å². The summed E-state index contributed by atoms with van der Waals surface area (Å²) in [6, 6.07) is 10.0. The molecule has 0 aliphatic rings. The van der Waals surface area contributed by atoms with E-state index in [1.807, 2.05) is 0 Å². The summed E-state index contributed by atoms with van der Waals surface area (Å²) in [5.41, 5.74) is 7.22. The number of hydrogen-bond acceptors (Lipinski definition) is 4. The molecule has 1 aromatic carbocycles. The molecule has 0 unspecified atom stereocenters. The van der Waals surface area contributed by atoms with Gasteiger partial charge in [-0.15, -0.1) is 0 Å². The summed E-state index contributed by atoms with van der Waals surface area (Å²) in [4.78, 5) is 26.8. The molecule has 0 spiro atoms. The Bertz CT molecular complexity index is 638. The first-order valence-electron chi connectivity index (χ1n) is 5.96. The second-order valence-corrected chi connectivity index (χ2v) is 4.15. The van der Waals surface area contributed by atoms with Crippen LogP contribution in [-0.4, -0.2) is 16.8 Å². The molecule has 6 nitrogen and oxygen atoms in total. The summed E-state index contributed by atoms with van der Waals surface area (Å²) < 4.78 is 0. The molecule has 0 saturated heterocycles. The number of nitrogens with two attached hydrogens (primary N) is 1. The molecule has 0 atom stereocenters. The van der Waals surface area contributed by atoms with Crippen LogP contribution in [0, 0.1) is 0 Å². The summed E-state index contributed by atoms with van der Waals surface area (Å²) in [5.74, 6) is -0.298. The highest BCUT2D eigenvalue weighted by Crippen LogP contribution is 2.15. The van der Waals surface area contributed by atoms with Crippen LogP contribution in [0.5, 0.6) is 0 Å². The van der Waals surface area contributed by atoms with Gasteiger partial charge < -0.3 is 16.4 Å². The SMILES string of the molecule is CC(=O)Nc1ccc(NC(=O)c2cccnc2N)cc1. The fourth-order valence-electron chi connectivity index (χ4n) is 1.65. The number of nitrogen functional groups attached to an aromatic ring is 1. The zero-order valence-corrected chi connectivity index (χ0v) is 10.9. The Balaban J connectivity index is 2.09. The monoisotopic (exact) mass is 270 g/mol. The molecule has 6 heteroatoms. The first-order valence-corrected chi connectivity index (χ1v) is 5.96. The molecular formula is C14H14N4O2. The lowest BCUT2D eigenvalue weighted by atomic mass is 10.2. The van der Waals surface area contributed by atoms with E-state index >= 15 is 0 Å². The zero-order chi connectivity index (χ0) is 14.5. The molecule has 102 valence electrons. The van der Waals surface area contributed by atoms with Gasteiger partial charge in [-0.2, -0.15) is 0 Å². The maximum atomic E-state index is 12.0. The van der Waals surface area contributed by atoms with Gasteiger partial charge in [0, 0.05) is 24.5 Å². The van der Waals surface area contributed by atoms with Crippen LogP contribution in [0.1, 0.15) is 17.3 Å². The van der Waals surface area contributed by atoms with Crippen LogP contribution in [-0.2, 0) is 4.79 Å².